The van der Waals surface area contributed by atoms with Crippen LogP contribution >= 0.6 is 0 Å². The van der Waals surface area contributed by atoms with Crippen molar-refractivity contribution in [1.82, 2.24) is 4.57 Å². The molecular weight excluding hydrogens is 430 g/mol. The number of pyridine rings is 1. The molecule has 0 amide bonds. The Morgan fingerprint density at radius 3 is 2.53 bits per heavy atom. The van der Waals surface area contributed by atoms with Gasteiger partial charge in [0.1, 0.15) is 12.4 Å². The summed E-state index contributed by atoms with van der Waals surface area (Å²) in [5.74, 6) is 0.673. The predicted octanol–water partition coefficient (Wildman–Crippen LogP) is 4.88. The van der Waals surface area contributed by atoms with Crippen LogP contribution in [0.25, 0.3) is 10.9 Å². The van der Waals surface area contributed by atoms with Gasteiger partial charge in [-0.2, -0.15) is 0 Å². The van der Waals surface area contributed by atoms with E-state index in [1.165, 1.54) is 5.56 Å². The number of aryl methyl sites for hydroxylation is 2. The number of rotatable bonds is 5. The molecule has 1 aromatic heterocycles. The number of hydrogen-bond donors (Lipinski definition) is 0. The third-order valence-electron chi connectivity index (χ3n) is 6.33. The summed E-state index contributed by atoms with van der Waals surface area (Å²) in [6.45, 7) is 2.45. The maximum atomic E-state index is 13.3. The van der Waals surface area contributed by atoms with Crippen molar-refractivity contribution in [2.75, 3.05) is 7.11 Å². The minimum Gasteiger partial charge on any atom is -0.493 e. The fourth-order valence-electron chi connectivity index (χ4n) is 4.48. The van der Waals surface area contributed by atoms with Crippen molar-refractivity contribution in [1.29, 1.82) is 0 Å². The SMILES string of the molecule is COc1cc(C2CC(=O)Oc3c2c(=O)n(C)c2ccccc32)ccc1OCc1ccc(C)cc1. The van der Waals surface area contributed by atoms with Crippen LogP contribution in [0.3, 0.4) is 0 Å². The number of ether oxygens (including phenoxy) is 3. The number of nitrogens with zero attached hydrogens (tertiary/aromatic N) is 1. The van der Waals surface area contributed by atoms with Gasteiger partial charge in [-0.1, -0.05) is 48.0 Å². The van der Waals surface area contributed by atoms with Crippen molar-refractivity contribution in [3.05, 3.63) is 99.3 Å². The van der Waals surface area contributed by atoms with Crippen LogP contribution in [0.4, 0.5) is 0 Å². The molecule has 1 unspecified atom stereocenters. The van der Waals surface area contributed by atoms with Crippen LogP contribution in [-0.2, 0) is 18.4 Å². The average molecular weight is 456 g/mol. The Kier molecular flexibility index (Phi) is 5.57. The standard InChI is InChI=1S/C28H25NO5/c1-17-8-10-18(11-9-17)16-33-23-13-12-19(14-24(23)32-3)21-15-25(30)34-27-20-6-4-5-7-22(20)29(2)28(31)26(21)27/h4-14,21H,15-16H2,1-3H3. The van der Waals surface area contributed by atoms with Crippen molar-refractivity contribution in [3.63, 3.8) is 0 Å². The Hall–Kier alpha value is -4.06. The number of aromatic nitrogens is 1. The zero-order valence-electron chi connectivity index (χ0n) is 19.3. The van der Waals surface area contributed by atoms with Crippen LogP contribution < -0.4 is 19.8 Å². The Morgan fingerprint density at radius 1 is 1.00 bits per heavy atom. The van der Waals surface area contributed by atoms with E-state index in [0.717, 1.165) is 22.0 Å². The molecule has 0 N–H and O–H groups in total. The summed E-state index contributed by atoms with van der Waals surface area (Å²) < 4.78 is 18.8. The second kappa shape index (κ2) is 8.71. The number of fused-ring (bicyclic) bond motifs is 3. The number of carbonyl (C=O) groups excluding carboxylic acids is 1. The van der Waals surface area contributed by atoms with Crippen molar-refractivity contribution in [2.24, 2.45) is 7.05 Å². The molecular formula is C28H25NO5. The zero-order chi connectivity index (χ0) is 23.8. The van der Waals surface area contributed by atoms with Gasteiger partial charge in [0, 0.05) is 18.4 Å². The molecule has 4 aromatic rings. The van der Waals surface area contributed by atoms with E-state index in [0.29, 0.717) is 29.4 Å². The number of para-hydroxylation sites is 1. The van der Waals surface area contributed by atoms with Gasteiger partial charge in [0.15, 0.2) is 11.5 Å². The Bertz CT molecular complexity index is 1450. The topological polar surface area (TPSA) is 66.8 Å². The molecule has 1 atom stereocenters. The summed E-state index contributed by atoms with van der Waals surface area (Å²) in [7, 11) is 3.31. The first-order chi connectivity index (χ1) is 16.5. The summed E-state index contributed by atoms with van der Waals surface area (Å²) in [5, 5.41) is 0.739. The fraction of sp³-hybridized carbons (Fsp3) is 0.214. The molecule has 6 heteroatoms. The third-order valence-corrected chi connectivity index (χ3v) is 6.33. The normalized spacial score (nSPS) is 15.0. The van der Waals surface area contributed by atoms with Crippen LogP contribution in [0.15, 0.2) is 71.5 Å². The largest absolute Gasteiger partial charge is 0.493 e. The van der Waals surface area contributed by atoms with E-state index >= 15 is 0 Å². The number of methoxy groups -OCH3 is 1. The Labute approximate surface area is 197 Å². The van der Waals surface area contributed by atoms with Gasteiger partial charge < -0.3 is 18.8 Å². The molecule has 0 spiro atoms. The lowest BCUT2D eigenvalue weighted by Crippen LogP contribution is -2.31. The summed E-state index contributed by atoms with van der Waals surface area (Å²) in [4.78, 5) is 25.9. The average Bonchev–Trinajstić information content (AvgIpc) is 2.86. The van der Waals surface area contributed by atoms with Crippen LogP contribution in [-0.4, -0.2) is 17.6 Å². The predicted molar refractivity (Wildman–Crippen MR) is 130 cm³/mol. The molecule has 5 rings (SSSR count). The van der Waals surface area contributed by atoms with Gasteiger partial charge in [-0.05, 0) is 42.3 Å². The van der Waals surface area contributed by atoms with E-state index in [9.17, 15) is 9.59 Å². The van der Waals surface area contributed by atoms with Gasteiger partial charge in [0.05, 0.1) is 24.6 Å². The molecule has 2 heterocycles. The molecule has 6 nitrogen and oxygen atoms in total. The van der Waals surface area contributed by atoms with Crippen LogP contribution in [0.5, 0.6) is 17.2 Å². The van der Waals surface area contributed by atoms with E-state index < -0.39 is 5.92 Å². The molecule has 0 fully saturated rings. The highest BCUT2D eigenvalue weighted by molar-refractivity contribution is 5.91. The summed E-state index contributed by atoms with van der Waals surface area (Å²) in [6.07, 6.45) is 0.0767. The number of hydrogen-bond acceptors (Lipinski definition) is 5. The van der Waals surface area contributed by atoms with Crippen LogP contribution in [0.2, 0.25) is 0 Å². The first kappa shape index (κ1) is 21.8. The van der Waals surface area contributed by atoms with Gasteiger partial charge in [-0.15, -0.1) is 0 Å². The Balaban J connectivity index is 1.54. The van der Waals surface area contributed by atoms with E-state index in [2.05, 4.69) is 0 Å². The Morgan fingerprint density at radius 2 is 1.76 bits per heavy atom. The second-order valence-corrected chi connectivity index (χ2v) is 8.54. The van der Waals surface area contributed by atoms with Crippen molar-refractivity contribution >= 4 is 16.9 Å². The second-order valence-electron chi connectivity index (χ2n) is 8.54. The lowest BCUT2D eigenvalue weighted by molar-refractivity contribution is -0.135. The molecule has 0 saturated heterocycles. The summed E-state index contributed by atoms with van der Waals surface area (Å²) in [5.41, 5.74) is 4.06. The monoisotopic (exact) mass is 455 g/mol. The van der Waals surface area contributed by atoms with Gasteiger partial charge in [0.25, 0.3) is 5.56 Å². The third kappa shape index (κ3) is 3.81. The lowest BCUT2D eigenvalue weighted by Gasteiger charge is -2.26. The van der Waals surface area contributed by atoms with E-state index in [1.807, 2.05) is 73.7 Å². The van der Waals surface area contributed by atoms with Gasteiger partial charge >= 0.3 is 5.97 Å². The zero-order valence-corrected chi connectivity index (χ0v) is 19.3. The van der Waals surface area contributed by atoms with Crippen molar-refractivity contribution < 1.29 is 19.0 Å². The highest BCUT2D eigenvalue weighted by Gasteiger charge is 2.34. The molecule has 0 bridgehead atoms. The molecule has 0 aliphatic carbocycles. The van der Waals surface area contributed by atoms with Gasteiger partial charge in [0.2, 0.25) is 0 Å². The minimum absolute atomic E-state index is 0.0767. The van der Waals surface area contributed by atoms with E-state index in [-0.39, 0.29) is 17.9 Å². The van der Waals surface area contributed by atoms with Crippen LogP contribution in [0.1, 0.15) is 34.6 Å². The minimum atomic E-state index is -0.445. The quantitative estimate of drug-likeness (QED) is 0.402. The van der Waals surface area contributed by atoms with Crippen LogP contribution in [0, 0.1) is 6.92 Å². The highest BCUT2D eigenvalue weighted by Crippen LogP contribution is 2.42. The maximum Gasteiger partial charge on any atom is 0.312 e. The molecule has 3 aromatic carbocycles. The molecule has 0 radical (unpaired) electrons. The van der Waals surface area contributed by atoms with E-state index in [1.54, 1.807) is 18.7 Å². The smallest absolute Gasteiger partial charge is 0.312 e. The van der Waals surface area contributed by atoms with Crippen molar-refractivity contribution in [3.8, 4) is 17.2 Å². The molecule has 172 valence electrons. The van der Waals surface area contributed by atoms with Gasteiger partial charge in [-0.3, -0.25) is 9.59 Å². The number of benzene rings is 3. The number of esters is 1. The number of carbonyl (C=O) groups is 1. The molecule has 34 heavy (non-hydrogen) atoms. The highest BCUT2D eigenvalue weighted by atomic mass is 16.5. The first-order valence-corrected chi connectivity index (χ1v) is 11.1. The molecule has 1 aliphatic rings. The maximum absolute atomic E-state index is 13.3. The van der Waals surface area contributed by atoms with Gasteiger partial charge in [-0.25, -0.2) is 0 Å². The van der Waals surface area contributed by atoms with E-state index in [4.69, 9.17) is 14.2 Å². The van der Waals surface area contributed by atoms with Crippen molar-refractivity contribution in [2.45, 2.75) is 25.9 Å². The molecule has 1 aliphatic heterocycles. The lowest BCUT2D eigenvalue weighted by atomic mass is 9.86. The first-order valence-electron chi connectivity index (χ1n) is 11.1. The summed E-state index contributed by atoms with van der Waals surface area (Å²) >= 11 is 0. The fourth-order valence-corrected chi connectivity index (χ4v) is 4.48. The molecule has 0 saturated carbocycles. The summed E-state index contributed by atoms with van der Waals surface area (Å²) in [6, 6.07) is 21.1.